The van der Waals surface area contributed by atoms with Gasteiger partial charge in [0.1, 0.15) is 23.7 Å². The Morgan fingerprint density at radius 1 is 1.33 bits per heavy atom. The number of aliphatic hydroxyl groups is 1. The van der Waals surface area contributed by atoms with Gasteiger partial charge in [0, 0.05) is 12.8 Å². The van der Waals surface area contributed by atoms with Gasteiger partial charge in [-0.1, -0.05) is 18.2 Å². The molecular weight excluding hydrogens is 233 g/mol. The van der Waals surface area contributed by atoms with Crippen LogP contribution in [0.1, 0.15) is 36.3 Å². The second kappa shape index (κ2) is 4.49. The van der Waals surface area contributed by atoms with Gasteiger partial charge in [-0.3, -0.25) is 4.57 Å². The van der Waals surface area contributed by atoms with Crippen LogP contribution >= 0.6 is 0 Å². The van der Waals surface area contributed by atoms with Crippen LogP contribution in [0.25, 0.3) is 0 Å². The van der Waals surface area contributed by atoms with E-state index in [1.165, 1.54) is 6.07 Å². The first kappa shape index (κ1) is 11.3. The number of hydrogen-bond donors (Lipinski definition) is 1. The zero-order chi connectivity index (χ0) is 12.5. The van der Waals surface area contributed by atoms with Crippen molar-refractivity contribution >= 4 is 0 Å². The summed E-state index contributed by atoms with van der Waals surface area (Å²) < 4.78 is 15.3. The van der Waals surface area contributed by atoms with Gasteiger partial charge in [0.15, 0.2) is 0 Å². The summed E-state index contributed by atoms with van der Waals surface area (Å²) in [5.41, 5.74) is 0.575. The molecule has 1 N–H and O–H groups in total. The van der Waals surface area contributed by atoms with E-state index in [1.54, 1.807) is 22.8 Å². The van der Waals surface area contributed by atoms with Crippen molar-refractivity contribution < 1.29 is 9.50 Å². The number of aryl methyl sites for hydroxylation is 1. The van der Waals surface area contributed by atoms with Crippen LogP contribution in [-0.2, 0) is 12.8 Å². The summed E-state index contributed by atoms with van der Waals surface area (Å²) in [4.78, 5) is 0. The first-order chi connectivity index (χ1) is 8.75. The molecule has 2 aromatic rings. The van der Waals surface area contributed by atoms with Crippen molar-refractivity contribution in [2.24, 2.45) is 0 Å². The van der Waals surface area contributed by atoms with Crippen molar-refractivity contribution in [3.63, 3.8) is 0 Å². The molecule has 2 heterocycles. The first-order valence-electron chi connectivity index (χ1n) is 6.10. The number of rotatable bonds is 2. The average molecular weight is 247 g/mol. The summed E-state index contributed by atoms with van der Waals surface area (Å²) in [5.74, 6) is 1.17. The minimum Gasteiger partial charge on any atom is -0.373 e. The second-order valence-corrected chi connectivity index (χ2v) is 4.54. The average Bonchev–Trinajstić information content (AvgIpc) is 2.77. The standard InChI is InChI=1S/C13H14FN3O/c14-10-5-2-1-4-9(10)8-12-16-15-11-6-3-7-13(18)17(11)12/h1-2,4-5,13,18H,3,6-8H2. The molecule has 1 unspecified atom stereocenters. The van der Waals surface area contributed by atoms with Crippen molar-refractivity contribution in [1.82, 2.24) is 14.8 Å². The molecule has 0 saturated heterocycles. The molecule has 3 rings (SSSR count). The van der Waals surface area contributed by atoms with Gasteiger partial charge in [-0.05, 0) is 24.5 Å². The monoisotopic (exact) mass is 247 g/mol. The fourth-order valence-electron chi connectivity index (χ4n) is 2.38. The number of aliphatic hydroxyl groups excluding tert-OH is 1. The highest BCUT2D eigenvalue weighted by Gasteiger charge is 2.23. The third-order valence-electron chi connectivity index (χ3n) is 3.30. The zero-order valence-electron chi connectivity index (χ0n) is 9.88. The van der Waals surface area contributed by atoms with Crippen molar-refractivity contribution in [2.75, 3.05) is 0 Å². The minimum atomic E-state index is -0.578. The van der Waals surface area contributed by atoms with Crippen LogP contribution in [0.2, 0.25) is 0 Å². The molecule has 18 heavy (non-hydrogen) atoms. The number of hydrogen-bond acceptors (Lipinski definition) is 3. The van der Waals surface area contributed by atoms with Crippen molar-refractivity contribution in [1.29, 1.82) is 0 Å². The molecule has 0 bridgehead atoms. The summed E-state index contributed by atoms with van der Waals surface area (Å²) in [7, 11) is 0. The lowest BCUT2D eigenvalue weighted by molar-refractivity contribution is 0.0752. The Hall–Kier alpha value is -1.75. The van der Waals surface area contributed by atoms with E-state index in [0.29, 0.717) is 24.2 Å². The third kappa shape index (κ3) is 1.90. The lowest BCUT2D eigenvalue weighted by Gasteiger charge is -2.21. The Labute approximate surface area is 104 Å². The quantitative estimate of drug-likeness (QED) is 0.881. The highest BCUT2D eigenvalue weighted by Crippen LogP contribution is 2.24. The molecular formula is C13H14FN3O. The number of aromatic nitrogens is 3. The molecule has 0 fully saturated rings. The molecule has 1 aromatic heterocycles. The fraction of sp³-hybridized carbons (Fsp3) is 0.385. The largest absolute Gasteiger partial charge is 0.373 e. The van der Waals surface area contributed by atoms with Gasteiger partial charge in [0.2, 0.25) is 0 Å². The van der Waals surface area contributed by atoms with Crippen LogP contribution in [-0.4, -0.2) is 19.9 Å². The zero-order valence-corrected chi connectivity index (χ0v) is 9.88. The van der Waals surface area contributed by atoms with Crippen LogP contribution in [0, 0.1) is 5.82 Å². The Bertz CT molecular complexity index is 567. The molecule has 0 aliphatic carbocycles. The predicted molar refractivity (Wildman–Crippen MR) is 63.4 cm³/mol. The molecule has 94 valence electrons. The van der Waals surface area contributed by atoms with Crippen molar-refractivity contribution in [3.05, 3.63) is 47.3 Å². The highest BCUT2D eigenvalue weighted by molar-refractivity contribution is 5.21. The number of nitrogens with zero attached hydrogens (tertiary/aromatic N) is 3. The molecule has 0 amide bonds. The molecule has 5 heteroatoms. The van der Waals surface area contributed by atoms with Crippen molar-refractivity contribution in [2.45, 2.75) is 31.9 Å². The maximum Gasteiger partial charge on any atom is 0.139 e. The molecule has 1 aliphatic rings. The molecule has 4 nitrogen and oxygen atoms in total. The van der Waals surface area contributed by atoms with E-state index in [9.17, 15) is 9.50 Å². The van der Waals surface area contributed by atoms with Crippen LogP contribution in [0.15, 0.2) is 24.3 Å². The van der Waals surface area contributed by atoms with E-state index in [2.05, 4.69) is 10.2 Å². The summed E-state index contributed by atoms with van der Waals surface area (Å²) in [6, 6.07) is 6.61. The SMILES string of the molecule is OC1CCCc2nnc(Cc3ccccc3F)n21. The van der Waals surface area contributed by atoms with E-state index in [4.69, 9.17) is 0 Å². The third-order valence-corrected chi connectivity index (χ3v) is 3.30. The summed E-state index contributed by atoms with van der Waals surface area (Å²) in [6.07, 6.45) is 2.22. The maximum atomic E-state index is 13.6. The lowest BCUT2D eigenvalue weighted by Crippen LogP contribution is -2.19. The van der Waals surface area contributed by atoms with E-state index in [1.807, 2.05) is 0 Å². The minimum absolute atomic E-state index is 0.250. The van der Waals surface area contributed by atoms with Gasteiger partial charge >= 0.3 is 0 Å². The van der Waals surface area contributed by atoms with Crippen molar-refractivity contribution in [3.8, 4) is 0 Å². The summed E-state index contributed by atoms with van der Waals surface area (Å²) >= 11 is 0. The van der Waals surface area contributed by atoms with Gasteiger partial charge in [-0.25, -0.2) is 4.39 Å². The van der Waals surface area contributed by atoms with Crippen LogP contribution in [0.3, 0.4) is 0 Å². The number of fused-ring (bicyclic) bond motifs is 1. The Morgan fingerprint density at radius 3 is 3.00 bits per heavy atom. The highest BCUT2D eigenvalue weighted by atomic mass is 19.1. The fourth-order valence-corrected chi connectivity index (χ4v) is 2.38. The van der Waals surface area contributed by atoms with Crippen LogP contribution < -0.4 is 0 Å². The molecule has 0 radical (unpaired) electrons. The van der Waals surface area contributed by atoms with E-state index >= 15 is 0 Å². The van der Waals surface area contributed by atoms with Gasteiger partial charge in [0.25, 0.3) is 0 Å². The predicted octanol–water partition coefficient (Wildman–Crippen LogP) is 1.84. The van der Waals surface area contributed by atoms with Crippen LogP contribution in [0.5, 0.6) is 0 Å². The smallest absolute Gasteiger partial charge is 0.139 e. The normalized spacial score (nSPS) is 18.7. The Balaban J connectivity index is 1.95. The number of halogens is 1. The lowest BCUT2D eigenvalue weighted by atomic mass is 10.1. The second-order valence-electron chi connectivity index (χ2n) is 4.54. The Kier molecular flexibility index (Phi) is 2.83. The summed E-state index contributed by atoms with van der Waals surface area (Å²) in [6.45, 7) is 0. The molecule has 1 atom stereocenters. The van der Waals surface area contributed by atoms with Gasteiger partial charge < -0.3 is 5.11 Å². The van der Waals surface area contributed by atoms with Gasteiger partial charge in [-0.15, -0.1) is 10.2 Å². The van der Waals surface area contributed by atoms with E-state index in [0.717, 1.165) is 18.7 Å². The topological polar surface area (TPSA) is 50.9 Å². The Morgan fingerprint density at radius 2 is 2.17 bits per heavy atom. The molecule has 1 aliphatic heterocycles. The molecule has 1 aromatic carbocycles. The maximum absolute atomic E-state index is 13.6. The molecule has 0 spiro atoms. The van der Waals surface area contributed by atoms with Gasteiger partial charge in [-0.2, -0.15) is 0 Å². The first-order valence-corrected chi connectivity index (χ1v) is 6.10. The van der Waals surface area contributed by atoms with E-state index in [-0.39, 0.29) is 5.82 Å². The van der Waals surface area contributed by atoms with E-state index < -0.39 is 6.23 Å². The molecule has 0 saturated carbocycles. The summed E-state index contributed by atoms with van der Waals surface area (Å²) in [5, 5.41) is 18.1. The van der Waals surface area contributed by atoms with Gasteiger partial charge in [0.05, 0.1) is 0 Å². The number of benzene rings is 1. The van der Waals surface area contributed by atoms with Crippen LogP contribution in [0.4, 0.5) is 4.39 Å².